The highest BCUT2D eigenvalue weighted by atomic mass is 32.2. The topological polar surface area (TPSA) is 98.8 Å². The van der Waals surface area contributed by atoms with Crippen molar-refractivity contribution in [1.29, 1.82) is 0 Å². The second-order valence-electron chi connectivity index (χ2n) is 6.58. The lowest BCUT2D eigenvalue weighted by Gasteiger charge is -2.29. The Labute approximate surface area is 129 Å². The van der Waals surface area contributed by atoms with Gasteiger partial charge in [0, 0.05) is 17.4 Å². The number of hydrogen-bond donors (Lipinski definition) is 1. The van der Waals surface area contributed by atoms with Crippen LogP contribution in [0.3, 0.4) is 0 Å². The van der Waals surface area contributed by atoms with Crippen molar-refractivity contribution >= 4 is 22.0 Å². The summed E-state index contributed by atoms with van der Waals surface area (Å²) < 4.78 is 34.9. The lowest BCUT2D eigenvalue weighted by Crippen LogP contribution is -2.44. The third-order valence-corrected chi connectivity index (χ3v) is 6.76. The molecule has 1 N–H and O–H groups in total. The first-order chi connectivity index (χ1) is 10.1. The zero-order chi connectivity index (χ0) is 16.3. The zero-order valence-electron chi connectivity index (χ0n) is 12.5. The average molecular weight is 329 g/mol. The maximum absolute atomic E-state index is 12.1. The summed E-state index contributed by atoms with van der Waals surface area (Å²) in [7, 11) is -3.71. The fourth-order valence-electron chi connectivity index (χ4n) is 4.00. The van der Waals surface area contributed by atoms with Crippen LogP contribution in [0.15, 0.2) is 12.2 Å². The van der Waals surface area contributed by atoms with Crippen molar-refractivity contribution in [2.45, 2.75) is 43.6 Å². The lowest BCUT2D eigenvalue weighted by molar-refractivity contribution is -0.151. The number of carbonyl (C=O) groups excluding carboxylic acids is 2. The molecule has 0 aromatic carbocycles. The van der Waals surface area contributed by atoms with Crippen LogP contribution in [0.25, 0.3) is 0 Å². The van der Waals surface area contributed by atoms with Crippen LogP contribution in [0.5, 0.6) is 0 Å². The molecule has 22 heavy (non-hydrogen) atoms. The molecule has 2 aliphatic carbocycles. The molecule has 5 unspecified atom stereocenters. The molecule has 3 aliphatic rings. The van der Waals surface area contributed by atoms with Crippen molar-refractivity contribution in [2.24, 2.45) is 11.8 Å². The molecule has 0 aromatic heterocycles. The Morgan fingerprint density at radius 2 is 2.14 bits per heavy atom. The van der Waals surface area contributed by atoms with Crippen LogP contribution >= 0.6 is 0 Å². The van der Waals surface area contributed by atoms with Crippen molar-refractivity contribution in [1.82, 2.24) is 5.32 Å². The fourth-order valence-corrected chi connectivity index (χ4v) is 6.24. The van der Waals surface area contributed by atoms with Gasteiger partial charge in [0.15, 0.2) is 0 Å². The van der Waals surface area contributed by atoms with Crippen LogP contribution < -0.4 is 5.32 Å². The van der Waals surface area contributed by atoms with Gasteiger partial charge in [-0.3, -0.25) is 13.8 Å². The van der Waals surface area contributed by atoms with Crippen LogP contribution in [-0.4, -0.2) is 43.8 Å². The molecule has 1 aliphatic heterocycles. The predicted octanol–water partition coefficient (Wildman–Crippen LogP) is 0.118. The number of carbonyl (C=O) groups is 2. The van der Waals surface area contributed by atoms with E-state index in [1.807, 2.05) is 0 Å². The molecule has 0 spiro atoms. The van der Waals surface area contributed by atoms with Crippen molar-refractivity contribution in [3.63, 3.8) is 0 Å². The van der Waals surface area contributed by atoms with E-state index in [9.17, 15) is 18.0 Å². The SMILES string of the molecule is C=C(C)C(=O)NCC(=O)OC1C2CC3C1S(=O)(=O)OC3(C)C2. The van der Waals surface area contributed by atoms with Crippen molar-refractivity contribution in [3.05, 3.63) is 12.2 Å². The van der Waals surface area contributed by atoms with Crippen LogP contribution in [0.1, 0.15) is 26.7 Å². The second kappa shape index (κ2) is 4.79. The van der Waals surface area contributed by atoms with Gasteiger partial charge >= 0.3 is 5.97 Å². The third-order valence-electron chi connectivity index (χ3n) is 4.88. The van der Waals surface area contributed by atoms with E-state index < -0.39 is 38.9 Å². The first-order valence-electron chi connectivity index (χ1n) is 7.22. The molecule has 2 bridgehead atoms. The number of hydrogen-bond acceptors (Lipinski definition) is 6. The van der Waals surface area contributed by atoms with Gasteiger partial charge in [0.05, 0.1) is 5.60 Å². The molecule has 2 saturated carbocycles. The summed E-state index contributed by atoms with van der Waals surface area (Å²) in [5, 5.41) is 1.60. The van der Waals surface area contributed by atoms with E-state index in [-0.39, 0.29) is 24.0 Å². The molecule has 1 amide bonds. The number of nitrogens with one attached hydrogen (secondary N) is 1. The first-order valence-corrected chi connectivity index (χ1v) is 8.69. The van der Waals surface area contributed by atoms with E-state index in [4.69, 9.17) is 8.92 Å². The Bertz CT molecular complexity index is 656. The number of amides is 1. The molecule has 3 fully saturated rings. The summed E-state index contributed by atoms with van der Waals surface area (Å²) in [5.41, 5.74) is -0.360. The van der Waals surface area contributed by atoms with Gasteiger partial charge in [-0.1, -0.05) is 6.58 Å². The molecule has 0 radical (unpaired) electrons. The molecular weight excluding hydrogens is 310 g/mol. The second-order valence-corrected chi connectivity index (χ2v) is 8.27. The summed E-state index contributed by atoms with van der Waals surface area (Å²) >= 11 is 0. The molecule has 0 aromatic rings. The Kier molecular flexibility index (Phi) is 3.37. The number of ether oxygens (including phenoxy) is 1. The van der Waals surface area contributed by atoms with Crippen LogP contribution in [0, 0.1) is 11.8 Å². The van der Waals surface area contributed by atoms with Crippen LogP contribution in [0.4, 0.5) is 0 Å². The van der Waals surface area contributed by atoms with E-state index in [0.29, 0.717) is 12.8 Å². The highest BCUT2D eigenvalue weighted by Gasteiger charge is 2.71. The van der Waals surface area contributed by atoms with E-state index in [1.54, 1.807) is 6.92 Å². The van der Waals surface area contributed by atoms with Crippen molar-refractivity contribution < 1.29 is 26.9 Å². The van der Waals surface area contributed by atoms with Gasteiger partial charge < -0.3 is 10.1 Å². The summed E-state index contributed by atoms with van der Waals surface area (Å²) in [6.07, 6.45) is 0.583. The highest BCUT2D eigenvalue weighted by Crippen LogP contribution is 2.60. The van der Waals surface area contributed by atoms with E-state index in [2.05, 4.69) is 11.9 Å². The van der Waals surface area contributed by atoms with Gasteiger partial charge in [-0.05, 0) is 26.7 Å². The maximum atomic E-state index is 12.1. The largest absolute Gasteiger partial charge is 0.459 e. The molecule has 8 heteroatoms. The van der Waals surface area contributed by atoms with Gasteiger partial charge in [0.2, 0.25) is 5.91 Å². The zero-order valence-corrected chi connectivity index (χ0v) is 13.3. The fraction of sp³-hybridized carbons (Fsp3) is 0.714. The Morgan fingerprint density at radius 1 is 1.45 bits per heavy atom. The molecule has 5 atom stereocenters. The number of esters is 1. The maximum Gasteiger partial charge on any atom is 0.325 e. The lowest BCUT2D eigenvalue weighted by atomic mass is 9.84. The van der Waals surface area contributed by atoms with Crippen LogP contribution in [-0.2, 0) is 28.6 Å². The monoisotopic (exact) mass is 329 g/mol. The van der Waals surface area contributed by atoms with Crippen LogP contribution in [0.2, 0.25) is 0 Å². The smallest absolute Gasteiger partial charge is 0.325 e. The minimum Gasteiger partial charge on any atom is -0.459 e. The summed E-state index contributed by atoms with van der Waals surface area (Å²) in [5.74, 6) is -1.20. The molecule has 7 nitrogen and oxygen atoms in total. The summed E-state index contributed by atoms with van der Waals surface area (Å²) in [6, 6.07) is 0. The Morgan fingerprint density at radius 3 is 2.77 bits per heavy atom. The predicted molar refractivity (Wildman–Crippen MR) is 76.1 cm³/mol. The van der Waals surface area contributed by atoms with E-state index in [0.717, 1.165) is 0 Å². The van der Waals surface area contributed by atoms with Gasteiger partial charge in [-0.15, -0.1) is 0 Å². The van der Waals surface area contributed by atoms with Gasteiger partial charge in [-0.2, -0.15) is 8.42 Å². The quantitative estimate of drug-likeness (QED) is 0.447. The van der Waals surface area contributed by atoms with Gasteiger partial charge in [0.1, 0.15) is 17.9 Å². The number of fused-ring (bicyclic) bond motifs is 1. The first kappa shape index (κ1) is 15.5. The highest BCUT2D eigenvalue weighted by molar-refractivity contribution is 7.87. The third kappa shape index (κ3) is 2.25. The summed E-state index contributed by atoms with van der Waals surface area (Å²) in [4.78, 5) is 23.2. The molecule has 1 heterocycles. The van der Waals surface area contributed by atoms with Gasteiger partial charge in [0.25, 0.3) is 10.1 Å². The molecular formula is C14H19NO6S. The Balaban J connectivity index is 1.66. The number of rotatable bonds is 4. The molecule has 122 valence electrons. The standard InChI is InChI=1S/C14H19NO6S/c1-7(2)13(17)15-6-10(16)20-11-8-4-9-12(11)22(18,19)21-14(9,3)5-8/h8-9,11-12H,1,4-6H2,2-3H3,(H,15,17). The molecule has 1 saturated heterocycles. The normalized spacial score (nSPS) is 40.5. The molecule has 3 rings (SSSR count). The average Bonchev–Trinajstić information content (AvgIpc) is 2.92. The minimum atomic E-state index is -3.71. The minimum absolute atomic E-state index is 0.00179. The van der Waals surface area contributed by atoms with Gasteiger partial charge in [-0.25, -0.2) is 0 Å². The van der Waals surface area contributed by atoms with Crippen molar-refractivity contribution in [2.75, 3.05) is 6.54 Å². The van der Waals surface area contributed by atoms with E-state index >= 15 is 0 Å². The van der Waals surface area contributed by atoms with E-state index in [1.165, 1.54) is 6.92 Å². The Hall–Kier alpha value is -1.41. The van der Waals surface area contributed by atoms with Crippen molar-refractivity contribution in [3.8, 4) is 0 Å². The summed E-state index contributed by atoms with van der Waals surface area (Å²) in [6.45, 7) is 6.50.